The molecule has 0 aromatic rings. The lowest BCUT2D eigenvalue weighted by molar-refractivity contribution is -0.121. The smallest absolute Gasteiger partial charge is 0.220 e. The maximum absolute atomic E-state index is 11.2. The number of hydrogen-bond donors (Lipinski definition) is 1. The molecule has 74 valence electrons. The van der Waals surface area contributed by atoms with Crippen LogP contribution in [0.25, 0.3) is 0 Å². The van der Waals surface area contributed by atoms with E-state index in [4.69, 9.17) is 6.42 Å². The van der Waals surface area contributed by atoms with Crippen LogP contribution in [0.3, 0.4) is 0 Å². The monoisotopic (exact) mass is 181 g/mol. The van der Waals surface area contributed by atoms with Gasteiger partial charge in [-0.2, -0.15) is 0 Å². The number of nitrogens with one attached hydrogen (secondary N) is 1. The lowest BCUT2D eigenvalue weighted by Gasteiger charge is -2.06. The number of terminal acetylenes is 1. The van der Waals surface area contributed by atoms with Crippen LogP contribution in [-0.2, 0) is 4.79 Å². The molecule has 0 bridgehead atoms. The quantitative estimate of drug-likeness (QED) is 0.493. The van der Waals surface area contributed by atoms with E-state index in [1.165, 1.54) is 12.8 Å². The fourth-order valence-corrected chi connectivity index (χ4v) is 1.07. The van der Waals surface area contributed by atoms with Gasteiger partial charge in [0.05, 0.1) is 6.04 Å². The summed E-state index contributed by atoms with van der Waals surface area (Å²) in [6.07, 6.45) is 10.2. The maximum Gasteiger partial charge on any atom is 0.220 e. The molecule has 0 aliphatic carbocycles. The fraction of sp³-hybridized carbons (Fsp3) is 0.727. The van der Waals surface area contributed by atoms with Crippen molar-refractivity contribution in [1.82, 2.24) is 5.32 Å². The Labute approximate surface area is 81.1 Å². The second kappa shape index (κ2) is 7.67. The van der Waals surface area contributed by atoms with Gasteiger partial charge in [-0.25, -0.2) is 0 Å². The standard InChI is InChI=1S/C11H19NO/c1-4-6-7-8-9-11(13)12-10(3)5-2/h2,10H,4,6-9H2,1,3H3,(H,12,13). The number of amides is 1. The number of carbonyl (C=O) groups excluding carboxylic acids is 1. The minimum absolute atomic E-state index is 0.0709. The molecular formula is C11H19NO. The SMILES string of the molecule is C#CC(C)NC(=O)CCCCCC. The van der Waals surface area contributed by atoms with Crippen molar-refractivity contribution in [2.75, 3.05) is 0 Å². The average molecular weight is 181 g/mol. The molecule has 1 atom stereocenters. The first-order valence-corrected chi connectivity index (χ1v) is 4.96. The van der Waals surface area contributed by atoms with Crippen LogP contribution in [-0.4, -0.2) is 11.9 Å². The molecule has 0 fully saturated rings. The zero-order valence-corrected chi connectivity index (χ0v) is 8.60. The highest BCUT2D eigenvalue weighted by atomic mass is 16.1. The van der Waals surface area contributed by atoms with Crippen LogP contribution in [0.1, 0.15) is 46.0 Å². The predicted octanol–water partition coefficient (Wildman–Crippen LogP) is 2.09. The van der Waals surface area contributed by atoms with Crippen LogP contribution >= 0.6 is 0 Å². The molecule has 0 saturated carbocycles. The second-order valence-corrected chi connectivity index (χ2v) is 3.27. The highest BCUT2D eigenvalue weighted by molar-refractivity contribution is 5.76. The molecule has 0 rings (SSSR count). The summed E-state index contributed by atoms with van der Waals surface area (Å²) in [7, 11) is 0. The zero-order valence-electron chi connectivity index (χ0n) is 8.60. The van der Waals surface area contributed by atoms with Gasteiger partial charge in [-0.05, 0) is 13.3 Å². The van der Waals surface area contributed by atoms with Gasteiger partial charge in [0.2, 0.25) is 5.91 Å². The molecule has 1 N–H and O–H groups in total. The molecule has 2 heteroatoms. The minimum Gasteiger partial charge on any atom is -0.343 e. The topological polar surface area (TPSA) is 29.1 Å². The summed E-state index contributed by atoms with van der Waals surface area (Å²) < 4.78 is 0. The molecule has 2 nitrogen and oxygen atoms in total. The molecule has 13 heavy (non-hydrogen) atoms. The predicted molar refractivity (Wildman–Crippen MR) is 55.2 cm³/mol. The van der Waals surface area contributed by atoms with Gasteiger partial charge < -0.3 is 5.32 Å². The van der Waals surface area contributed by atoms with Gasteiger partial charge in [0.15, 0.2) is 0 Å². The minimum atomic E-state index is -0.140. The summed E-state index contributed by atoms with van der Waals surface area (Å²) in [6, 6.07) is -0.140. The van der Waals surface area contributed by atoms with Gasteiger partial charge in [0.1, 0.15) is 0 Å². The molecule has 0 aliphatic heterocycles. The molecule has 0 aliphatic rings. The van der Waals surface area contributed by atoms with Crippen LogP contribution in [0, 0.1) is 12.3 Å². The first kappa shape index (κ1) is 12.0. The van der Waals surface area contributed by atoms with E-state index in [0.29, 0.717) is 6.42 Å². The Morgan fingerprint density at radius 3 is 2.69 bits per heavy atom. The highest BCUT2D eigenvalue weighted by Crippen LogP contribution is 2.02. The molecule has 0 radical (unpaired) electrons. The van der Waals surface area contributed by atoms with Crippen molar-refractivity contribution in [1.29, 1.82) is 0 Å². The molecule has 0 spiro atoms. The summed E-state index contributed by atoms with van der Waals surface area (Å²) >= 11 is 0. The van der Waals surface area contributed by atoms with Crippen molar-refractivity contribution in [3.63, 3.8) is 0 Å². The normalized spacial score (nSPS) is 11.8. The summed E-state index contributed by atoms with van der Waals surface area (Å²) in [5.41, 5.74) is 0. The van der Waals surface area contributed by atoms with Crippen molar-refractivity contribution in [3.05, 3.63) is 0 Å². The summed E-state index contributed by atoms with van der Waals surface area (Å²) in [5, 5.41) is 2.73. The number of rotatable bonds is 6. The summed E-state index contributed by atoms with van der Waals surface area (Å²) in [5.74, 6) is 2.54. The van der Waals surface area contributed by atoms with Gasteiger partial charge in [-0.15, -0.1) is 6.42 Å². The van der Waals surface area contributed by atoms with E-state index in [2.05, 4.69) is 18.2 Å². The Morgan fingerprint density at radius 2 is 2.15 bits per heavy atom. The Kier molecular flexibility index (Phi) is 7.10. The van der Waals surface area contributed by atoms with E-state index in [1.807, 2.05) is 6.92 Å². The van der Waals surface area contributed by atoms with Gasteiger partial charge in [0, 0.05) is 6.42 Å². The Balaban J connectivity index is 3.36. The molecule has 1 amide bonds. The van der Waals surface area contributed by atoms with E-state index < -0.39 is 0 Å². The van der Waals surface area contributed by atoms with Gasteiger partial charge in [-0.1, -0.05) is 32.1 Å². The van der Waals surface area contributed by atoms with E-state index in [9.17, 15) is 4.79 Å². The van der Waals surface area contributed by atoms with Crippen LogP contribution in [0.5, 0.6) is 0 Å². The van der Waals surface area contributed by atoms with Crippen molar-refractivity contribution < 1.29 is 4.79 Å². The molecular weight excluding hydrogens is 162 g/mol. The van der Waals surface area contributed by atoms with Crippen molar-refractivity contribution in [2.24, 2.45) is 0 Å². The van der Waals surface area contributed by atoms with Crippen molar-refractivity contribution >= 4 is 5.91 Å². The van der Waals surface area contributed by atoms with E-state index in [0.717, 1.165) is 12.8 Å². The third-order valence-electron chi connectivity index (χ3n) is 1.88. The third kappa shape index (κ3) is 7.39. The lowest BCUT2D eigenvalue weighted by Crippen LogP contribution is -2.30. The maximum atomic E-state index is 11.2. The van der Waals surface area contributed by atoms with Crippen LogP contribution < -0.4 is 5.32 Å². The first-order valence-electron chi connectivity index (χ1n) is 4.96. The Bertz CT molecular complexity index is 181. The van der Waals surface area contributed by atoms with Gasteiger partial charge in [0.25, 0.3) is 0 Å². The van der Waals surface area contributed by atoms with Crippen LogP contribution in [0.2, 0.25) is 0 Å². The third-order valence-corrected chi connectivity index (χ3v) is 1.88. The number of hydrogen-bond acceptors (Lipinski definition) is 1. The number of unbranched alkanes of at least 4 members (excludes halogenated alkanes) is 3. The summed E-state index contributed by atoms with van der Waals surface area (Å²) in [4.78, 5) is 11.2. The van der Waals surface area contributed by atoms with Crippen molar-refractivity contribution in [2.45, 2.75) is 52.0 Å². The van der Waals surface area contributed by atoms with E-state index in [1.54, 1.807) is 0 Å². The van der Waals surface area contributed by atoms with Gasteiger partial charge in [-0.3, -0.25) is 4.79 Å². The summed E-state index contributed by atoms with van der Waals surface area (Å²) in [6.45, 7) is 3.96. The molecule has 1 unspecified atom stereocenters. The second-order valence-electron chi connectivity index (χ2n) is 3.27. The Morgan fingerprint density at radius 1 is 1.46 bits per heavy atom. The van der Waals surface area contributed by atoms with Crippen molar-refractivity contribution in [3.8, 4) is 12.3 Å². The lowest BCUT2D eigenvalue weighted by atomic mass is 10.1. The fourth-order valence-electron chi connectivity index (χ4n) is 1.07. The highest BCUT2D eigenvalue weighted by Gasteiger charge is 2.03. The first-order chi connectivity index (χ1) is 6.20. The van der Waals surface area contributed by atoms with E-state index in [-0.39, 0.29) is 11.9 Å². The average Bonchev–Trinajstić information content (AvgIpc) is 2.12. The number of carbonyl (C=O) groups is 1. The molecule has 0 heterocycles. The molecule has 0 aromatic carbocycles. The largest absolute Gasteiger partial charge is 0.343 e. The van der Waals surface area contributed by atoms with Crippen LogP contribution in [0.15, 0.2) is 0 Å². The van der Waals surface area contributed by atoms with E-state index >= 15 is 0 Å². The molecule has 0 saturated heterocycles. The Hall–Kier alpha value is -0.970. The zero-order chi connectivity index (χ0) is 10.1. The molecule has 0 aromatic heterocycles. The van der Waals surface area contributed by atoms with Crippen LogP contribution in [0.4, 0.5) is 0 Å². The van der Waals surface area contributed by atoms with Gasteiger partial charge >= 0.3 is 0 Å².